The number of carbonyl (C=O) groups is 1. The van der Waals surface area contributed by atoms with Crippen molar-refractivity contribution in [1.82, 2.24) is 0 Å². The molecule has 0 saturated heterocycles. The van der Waals surface area contributed by atoms with Crippen molar-refractivity contribution in [1.29, 1.82) is 0 Å². The van der Waals surface area contributed by atoms with Crippen LogP contribution in [0.15, 0.2) is 66.7 Å². The molecule has 4 N–H and O–H groups in total. The summed E-state index contributed by atoms with van der Waals surface area (Å²) in [5.74, 6) is -1.06. The highest BCUT2D eigenvalue weighted by atomic mass is 19.4. The summed E-state index contributed by atoms with van der Waals surface area (Å²) in [6, 6.07) is 14.3. The van der Waals surface area contributed by atoms with E-state index in [0.717, 1.165) is 43.3 Å². The van der Waals surface area contributed by atoms with Crippen LogP contribution in [-0.4, -0.2) is 22.7 Å². The minimum absolute atomic E-state index is 0.169. The van der Waals surface area contributed by atoms with Crippen LogP contribution in [0.2, 0.25) is 0 Å². The molecular formula is C22H28F3NO3. The quantitative estimate of drug-likeness (QED) is 0.438. The number of allylic oxidation sites excluding steroid dienone is 1. The minimum Gasteiger partial charge on any atom is -0.508 e. The first-order valence-electron chi connectivity index (χ1n) is 9.16. The third kappa shape index (κ3) is 14.9. The number of carboxylic acid groups (broad SMARTS) is 1. The predicted molar refractivity (Wildman–Crippen MR) is 109 cm³/mol. The SMILES string of the molecule is C/C=C\C(=O)O.NCCCCCc1ccccc1.Oc1ccc(C(F)(F)F)cc1. The van der Waals surface area contributed by atoms with Crippen molar-refractivity contribution in [2.24, 2.45) is 5.73 Å². The lowest BCUT2D eigenvalue weighted by atomic mass is 10.1. The van der Waals surface area contributed by atoms with Crippen molar-refractivity contribution in [3.63, 3.8) is 0 Å². The summed E-state index contributed by atoms with van der Waals surface area (Å²) in [7, 11) is 0. The minimum atomic E-state index is -4.33. The van der Waals surface area contributed by atoms with Crippen LogP contribution in [0.4, 0.5) is 13.2 Å². The maximum atomic E-state index is 11.8. The number of halogens is 3. The molecule has 2 aromatic rings. The Morgan fingerprint density at radius 1 is 1.00 bits per heavy atom. The summed E-state index contributed by atoms with van der Waals surface area (Å²) in [4.78, 5) is 9.51. The number of benzene rings is 2. The number of hydrogen-bond donors (Lipinski definition) is 3. The van der Waals surface area contributed by atoms with Crippen LogP contribution in [0.25, 0.3) is 0 Å². The molecule has 0 radical (unpaired) electrons. The first-order valence-corrected chi connectivity index (χ1v) is 9.16. The Hall–Kier alpha value is -2.80. The molecule has 4 nitrogen and oxygen atoms in total. The zero-order valence-electron chi connectivity index (χ0n) is 16.4. The molecule has 7 heteroatoms. The lowest BCUT2D eigenvalue weighted by Crippen LogP contribution is -2.03. The van der Waals surface area contributed by atoms with Gasteiger partial charge in [-0.25, -0.2) is 4.79 Å². The smallest absolute Gasteiger partial charge is 0.416 e. The number of alkyl halides is 3. The van der Waals surface area contributed by atoms with E-state index in [9.17, 15) is 18.0 Å². The highest BCUT2D eigenvalue weighted by Gasteiger charge is 2.29. The Kier molecular flexibility index (Phi) is 13.7. The fourth-order valence-corrected chi connectivity index (χ4v) is 2.09. The molecule has 0 aliphatic rings. The number of aliphatic carboxylic acids is 1. The molecule has 29 heavy (non-hydrogen) atoms. The zero-order chi connectivity index (χ0) is 22.1. The van der Waals surface area contributed by atoms with Crippen molar-refractivity contribution in [2.45, 2.75) is 38.8 Å². The molecule has 2 aromatic carbocycles. The Bertz CT molecular complexity index is 699. The van der Waals surface area contributed by atoms with Crippen LogP contribution in [0, 0.1) is 0 Å². The summed E-state index contributed by atoms with van der Waals surface area (Å²) in [6.45, 7) is 2.49. The number of hydrogen-bond acceptors (Lipinski definition) is 3. The number of phenols is 1. The van der Waals surface area contributed by atoms with Crippen molar-refractivity contribution in [2.75, 3.05) is 6.54 Å². The maximum absolute atomic E-state index is 11.8. The normalized spacial score (nSPS) is 10.5. The van der Waals surface area contributed by atoms with Gasteiger partial charge < -0.3 is 15.9 Å². The Balaban J connectivity index is 0.000000430. The fourth-order valence-electron chi connectivity index (χ4n) is 2.09. The zero-order valence-corrected chi connectivity index (χ0v) is 16.4. The van der Waals surface area contributed by atoms with Crippen LogP contribution in [-0.2, 0) is 17.4 Å². The van der Waals surface area contributed by atoms with Gasteiger partial charge in [-0.05, 0) is 62.6 Å². The fraction of sp³-hybridized carbons (Fsp3) is 0.318. The van der Waals surface area contributed by atoms with E-state index in [4.69, 9.17) is 15.9 Å². The summed E-state index contributed by atoms with van der Waals surface area (Å²) < 4.78 is 35.5. The van der Waals surface area contributed by atoms with E-state index in [1.807, 2.05) is 0 Å². The molecule has 0 atom stereocenters. The van der Waals surface area contributed by atoms with Gasteiger partial charge in [-0.1, -0.05) is 42.8 Å². The average Bonchev–Trinajstić information content (AvgIpc) is 2.67. The topological polar surface area (TPSA) is 83.5 Å². The van der Waals surface area contributed by atoms with Gasteiger partial charge in [0.15, 0.2) is 0 Å². The van der Waals surface area contributed by atoms with Crippen LogP contribution in [0.5, 0.6) is 5.75 Å². The molecule has 2 rings (SSSR count). The van der Waals surface area contributed by atoms with E-state index in [0.29, 0.717) is 0 Å². The first kappa shape index (κ1) is 26.2. The van der Waals surface area contributed by atoms with Gasteiger partial charge in [0.1, 0.15) is 5.75 Å². The van der Waals surface area contributed by atoms with Gasteiger partial charge in [-0.3, -0.25) is 0 Å². The van der Waals surface area contributed by atoms with Crippen molar-refractivity contribution >= 4 is 5.97 Å². The van der Waals surface area contributed by atoms with Gasteiger partial charge in [-0.15, -0.1) is 0 Å². The van der Waals surface area contributed by atoms with Gasteiger partial charge in [0.25, 0.3) is 0 Å². The summed E-state index contributed by atoms with van der Waals surface area (Å²) >= 11 is 0. The van der Waals surface area contributed by atoms with Crippen molar-refractivity contribution in [3.8, 4) is 5.75 Å². The average molecular weight is 411 g/mol. The predicted octanol–water partition coefficient (Wildman–Crippen LogP) is 5.42. The number of carboxylic acids is 1. The van der Waals surface area contributed by atoms with Gasteiger partial charge in [0.2, 0.25) is 0 Å². The van der Waals surface area contributed by atoms with Crippen LogP contribution >= 0.6 is 0 Å². The number of unbranched alkanes of at least 4 members (excludes halogenated alkanes) is 2. The lowest BCUT2D eigenvalue weighted by molar-refractivity contribution is -0.137. The second-order valence-electron chi connectivity index (χ2n) is 5.97. The number of aryl methyl sites for hydroxylation is 1. The summed E-state index contributed by atoms with van der Waals surface area (Å²) in [6.07, 6.45) is 3.11. The molecule has 0 aliphatic heterocycles. The number of aromatic hydroxyl groups is 1. The number of nitrogens with two attached hydrogens (primary N) is 1. The summed E-state index contributed by atoms with van der Waals surface area (Å²) in [5.41, 5.74) is 6.09. The van der Waals surface area contributed by atoms with Crippen molar-refractivity contribution < 1.29 is 28.2 Å². The van der Waals surface area contributed by atoms with Gasteiger partial charge >= 0.3 is 12.1 Å². The largest absolute Gasteiger partial charge is 0.508 e. The van der Waals surface area contributed by atoms with E-state index in [1.165, 1.54) is 30.9 Å². The van der Waals surface area contributed by atoms with E-state index >= 15 is 0 Å². The van der Waals surface area contributed by atoms with E-state index < -0.39 is 17.7 Å². The molecule has 0 amide bonds. The molecular weight excluding hydrogens is 383 g/mol. The lowest BCUT2D eigenvalue weighted by Gasteiger charge is -2.04. The first-order chi connectivity index (χ1) is 13.7. The third-order valence-corrected chi connectivity index (χ3v) is 3.52. The highest BCUT2D eigenvalue weighted by molar-refractivity contribution is 5.79. The molecule has 0 aromatic heterocycles. The molecule has 0 aliphatic carbocycles. The van der Waals surface area contributed by atoms with Gasteiger partial charge in [0.05, 0.1) is 5.56 Å². The maximum Gasteiger partial charge on any atom is 0.416 e. The van der Waals surface area contributed by atoms with E-state index in [-0.39, 0.29) is 5.75 Å². The second-order valence-corrected chi connectivity index (χ2v) is 5.97. The van der Waals surface area contributed by atoms with E-state index in [1.54, 1.807) is 6.92 Å². The molecule has 0 fully saturated rings. The Morgan fingerprint density at radius 3 is 2.00 bits per heavy atom. The van der Waals surface area contributed by atoms with Gasteiger partial charge in [0, 0.05) is 6.08 Å². The Morgan fingerprint density at radius 2 is 1.59 bits per heavy atom. The van der Waals surface area contributed by atoms with Crippen LogP contribution < -0.4 is 5.73 Å². The summed E-state index contributed by atoms with van der Waals surface area (Å²) in [5, 5.41) is 16.5. The third-order valence-electron chi connectivity index (χ3n) is 3.52. The molecule has 0 spiro atoms. The number of rotatable bonds is 6. The van der Waals surface area contributed by atoms with E-state index in [2.05, 4.69) is 30.3 Å². The van der Waals surface area contributed by atoms with Crippen LogP contribution in [0.1, 0.15) is 37.3 Å². The Labute approximate surface area is 169 Å². The standard InChI is InChI=1S/C11H17N.C7H5F3O.C4H6O2/c12-10-6-2-5-9-11-7-3-1-4-8-11;8-7(9,10)5-1-3-6(11)4-2-5;1-2-3-4(5)6/h1,3-4,7-8H,2,5-6,9-10,12H2;1-4,11H;2-3H,1H3,(H,5,6)/b;;3-2-. The van der Waals surface area contributed by atoms with Gasteiger partial charge in [-0.2, -0.15) is 13.2 Å². The van der Waals surface area contributed by atoms with Crippen molar-refractivity contribution in [3.05, 3.63) is 77.9 Å². The molecule has 0 saturated carbocycles. The molecule has 0 heterocycles. The van der Waals surface area contributed by atoms with Crippen LogP contribution in [0.3, 0.4) is 0 Å². The molecule has 0 unspecified atom stereocenters. The molecule has 160 valence electrons. The highest BCUT2D eigenvalue weighted by Crippen LogP contribution is 2.29. The monoisotopic (exact) mass is 411 g/mol. The molecule has 0 bridgehead atoms. The number of phenolic OH excluding ortho intramolecular Hbond substituents is 1. The second kappa shape index (κ2) is 15.2.